The number of ether oxygens (including phenoxy) is 1. The van der Waals surface area contributed by atoms with Crippen LogP contribution in [-0.4, -0.2) is 17.0 Å². The molecule has 0 aliphatic rings. The summed E-state index contributed by atoms with van der Waals surface area (Å²) in [4.78, 5) is 16.5. The lowest BCUT2D eigenvalue weighted by molar-refractivity contribution is 0.0948. The van der Waals surface area contributed by atoms with Crippen molar-refractivity contribution in [3.05, 3.63) is 72.3 Å². The molecule has 0 radical (unpaired) electrons. The number of hydrogen-bond donors (Lipinski definition) is 2. The van der Waals surface area contributed by atoms with Gasteiger partial charge in [-0.1, -0.05) is 0 Å². The Bertz CT molecular complexity index is 843. The highest BCUT2D eigenvalue weighted by Crippen LogP contribution is 2.20. The summed E-state index contributed by atoms with van der Waals surface area (Å²) in [6.45, 7) is 4.31. The molecule has 6 nitrogen and oxygen atoms in total. The van der Waals surface area contributed by atoms with E-state index in [1.165, 1.54) is 0 Å². The van der Waals surface area contributed by atoms with Crippen LogP contribution in [0.2, 0.25) is 0 Å². The maximum Gasteiger partial charge on any atom is 0.251 e. The lowest BCUT2D eigenvalue weighted by atomic mass is 10.2. The second-order valence-corrected chi connectivity index (χ2v) is 6.01. The summed E-state index contributed by atoms with van der Waals surface area (Å²) in [6.07, 6.45) is 3.31. The number of furan rings is 1. The molecule has 6 heteroatoms. The maximum absolute atomic E-state index is 12.3. The van der Waals surface area contributed by atoms with Gasteiger partial charge in [0.15, 0.2) is 0 Å². The SMILES string of the molecule is CC(C)Oc1ccc(Nc2cc(C(=O)NCc3ccco3)ccn2)cc1. The van der Waals surface area contributed by atoms with Crippen molar-refractivity contribution in [2.75, 3.05) is 5.32 Å². The minimum absolute atomic E-state index is 0.131. The average Bonchev–Trinajstić information content (AvgIpc) is 3.15. The average molecular weight is 351 g/mol. The van der Waals surface area contributed by atoms with Gasteiger partial charge in [-0.05, 0) is 62.4 Å². The van der Waals surface area contributed by atoms with E-state index in [0.29, 0.717) is 23.7 Å². The number of nitrogens with one attached hydrogen (secondary N) is 2. The Labute approximate surface area is 152 Å². The van der Waals surface area contributed by atoms with Gasteiger partial charge in [-0.15, -0.1) is 0 Å². The van der Waals surface area contributed by atoms with Crippen molar-refractivity contribution in [1.29, 1.82) is 0 Å². The Morgan fingerprint density at radius 2 is 2.00 bits per heavy atom. The number of amides is 1. The number of rotatable bonds is 7. The highest BCUT2D eigenvalue weighted by molar-refractivity contribution is 5.94. The molecule has 0 aliphatic heterocycles. The van der Waals surface area contributed by atoms with Crippen molar-refractivity contribution in [3.63, 3.8) is 0 Å². The van der Waals surface area contributed by atoms with Crippen LogP contribution < -0.4 is 15.4 Å². The molecular formula is C20H21N3O3. The Kier molecular flexibility index (Phi) is 5.53. The first-order chi connectivity index (χ1) is 12.6. The van der Waals surface area contributed by atoms with Gasteiger partial charge in [0.05, 0.1) is 18.9 Å². The van der Waals surface area contributed by atoms with Crippen LogP contribution in [0.25, 0.3) is 0 Å². The molecular weight excluding hydrogens is 330 g/mol. The van der Waals surface area contributed by atoms with Crippen LogP contribution in [0.5, 0.6) is 5.75 Å². The van der Waals surface area contributed by atoms with Gasteiger partial charge >= 0.3 is 0 Å². The molecule has 2 aromatic heterocycles. The third-order valence-corrected chi connectivity index (χ3v) is 3.52. The molecule has 0 unspecified atom stereocenters. The molecule has 2 heterocycles. The van der Waals surface area contributed by atoms with E-state index >= 15 is 0 Å². The van der Waals surface area contributed by atoms with Crippen LogP contribution >= 0.6 is 0 Å². The molecule has 26 heavy (non-hydrogen) atoms. The van der Waals surface area contributed by atoms with E-state index in [4.69, 9.17) is 9.15 Å². The van der Waals surface area contributed by atoms with Gasteiger partial charge in [0.1, 0.15) is 17.3 Å². The van der Waals surface area contributed by atoms with Crippen LogP contribution in [0.3, 0.4) is 0 Å². The molecule has 0 bridgehead atoms. The maximum atomic E-state index is 12.3. The van der Waals surface area contributed by atoms with E-state index in [2.05, 4.69) is 15.6 Å². The molecule has 3 rings (SSSR count). The standard InChI is InChI=1S/C20H21N3O3/c1-14(2)26-17-7-5-16(6-8-17)23-19-12-15(9-10-21-19)20(24)22-13-18-4-3-11-25-18/h3-12,14H,13H2,1-2H3,(H,21,23)(H,22,24). The van der Waals surface area contributed by atoms with E-state index in [0.717, 1.165) is 11.4 Å². The Morgan fingerprint density at radius 3 is 2.69 bits per heavy atom. The molecule has 134 valence electrons. The molecule has 1 amide bonds. The predicted octanol–water partition coefficient (Wildman–Crippen LogP) is 4.14. The number of aromatic nitrogens is 1. The predicted molar refractivity (Wildman–Crippen MR) is 99.6 cm³/mol. The van der Waals surface area contributed by atoms with Gasteiger partial charge in [-0.25, -0.2) is 4.98 Å². The van der Waals surface area contributed by atoms with Gasteiger partial charge in [0.25, 0.3) is 5.91 Å². The largest absolute Gasteiger partial charge is 0.491 e. The van der Waals surface area contributed by atoms with Gasteiger partial charge < -0.3 is 19.8 Å². The van der Waals surface area contributed by atoms with Crippen molar-refractivity contribution in [1.82, 2.24) is 10.3 Å². The van der Waals surface area contributed by atoms with Crippen LogP contribution in [0, 0.1) is 0 Å². The first-order valence-electron chi connectivity index (χ1n) is 8.40. The fourth-order valence-electron chi connectivity index (χ4n) is 2.36. The number of pyridine rings is 1. The number of carbonyl (C=O) groups is 1. The molecule has 0 saturated heterocycles. The van der Waals surface area contributed by atoms with Crippen LogP contribution in [-0.2, 0) is 6.54 Å². The molecule has 2 N–H and O–H groups in total. The Balaban J connectivity index is 1.62. The fraction of sp³-hybridized carbons (Fsp3) is 0.200. The van der Waals surface area contributed by atoms with E-state index in [1.807, 2.05) is 44.2 Å². The van der Waals surface area contributed by atoms with E-state index in [9.17, 15) is 4.79 Å². The van der Waals surface area contributed by atoms with Crippen molar-refractivity contribution in [3.8, 4) is 5.75 Å². The van der Waals surface area contributed by atoms with E-state index in [-0.39, 0.29) is 12.0 Å². The molecule has 0 spiro atoms. The summed E-state index contributed by atoms with van der Waals surface area (Å²) in [5.74, 6) is 1.92. The molecule has 0 saturated carbocycles. The topological polar surface area (TPSA) is 76.4 Å². The summed E-state index contributed by atoms with van der Waals surface area (Å²) in [6, 6.07) is 14.6. The van der Waals surface area contributed by atoms with Gasteiger partial charge in [0.2, 0.25) is 0 Å². The first kappa shape index (κ1) is 17.5. The third kappa shape index (κ3) is 4.86. The molecule has 3 aromatic rings. The van der Waals surface area contributed by atoms with Gasteiger partial charge in [0, 0.05) is 17.4 Å². The van der Waals surface area contributed by atoms with Crippen molar-refractivity contribution < 1.29 is 13.9 Å². The number of carbonyl (C=O) groups excluding carboxylic acids is 1. The van der Waals surface area contributed by atoms with Crippen LogP contribution in [0.1, 0.15) is 30.0 Å². The van der Waals surface area contributed by atoms with Crippen LogP contribution in [0.4, 0.5) is 11.5 Å². The summed E-state index contributed by atoms with van der Waals surface area (Å²) >= 11 is 0. The van der Waals surface area contributed by atoms with Crippen molar-refractivity contribution in [2.24, 2.45) is 0 Å². The summed E-state index contributed by atoms with van der Waals surface area (Å²) in [5.41, 5.74) is 1.38. The number of anilines is 2. The second-order valence-electron chi connectivity index (χ2n) is 6.01. The second kappa shape index (κ2) is 8.20. The smallest absolute Gasteiger partial charge is 0.251 e. The Morgan fingerprint density at radius 1 is 1.19 bits per heavy atom. The summed E-state index contributed by atoms with van der Waals surface area (Å²) < 4.78 is 10.8. The number of nitrogens with zero attached hydrogens (tertiary/aromatic N) is 1. The molecule has 0 fully saturated rings. The van der Waals surface area contributed by atoms with Crippen molar-refractivity contribution >= 4 is 17.4 Å². The zero-order valence-electron chi connectivity index (χ0n) is 14.7. The lowest BCUT2D eigenvalue weighted by Crippen LogP contribution is -2.22. The summed E-state index contributed by atoms with van der Waals surface area (Å²) in [7, 11) is 0. The normalized spacial score (nSPS) is 10.6. The van der Waals surface area contributed by atoms with Crippen molar-refractivity contribution in [2.45, 2.75) is 26.5 Å². The van der Waals surface area contributed by atoms with E-state index in [1.54, 1.807) is 30.7 Å². The lowest BCUT2D eigenvalue weighted by Gasteiger charge is -2.11. The molecule has 0 aliphatic carbocycles. The van der Waals surface area contributed by atoms with E-state index < -0.39 is 0 Å². The van der Waals surface area contributed by atoms with Gasteiger partial charge in [-0.3, -0.25) is 4.79 Å². The monoisotopic (exact) mass is 351 g/mol. The highest BCUT2D eigenvalue weighted by Gasteiger charge is 2.08. The van der Waals surface area contributed by atoms with Crippen LogP contribution in [0.15, 0.2) is 65.4 Å². The molecule has 0 atom stereocenters. The first-order valence-corrected chi connectivity index (χ1v) is 8.40. The quantitative estimate of drug-likeness (QED) is 0.669. The number of hydrogen-bond acceptors (Lipinski definition) is 5. The third-order valence-electron chi connectivity index (χ3n) is 3.52. The molecule has 1 aromatic carbocycles. The summed E-state index contributed by atoms with van der Waals surface area (Å²) in [5, 5.41) is 6.00. The number of benzene rings is 1. The Hall–Kier alpha value is -3.28. The zero-order chi connectivity index (χ0) is 18.4. The van der Waals surface area contributed by atoms with Gasteiger partial charge in [-0.2, -0.15) is 0 Å². The fourth-order valence-corrected chi connectivity index (χ4v) is 2.36. The minimum Gasteiger partial charge on any atom is -0.491 e. The minimum atomic E-state index is -0.187. The highest BCUT2D eigenvalue weighted by atomic mass is 16.5. The zero-order valence-corrected chi connectivity index (χ0v) is 14.7.